The molecule has 3 amide bonds. The van der Waals surface area contributed by atoms with Gasteiger partial charge in [-0.3, -0.25) is 14.4 Å². The lowest BCUT2D eigenvalue weighted by Crippen LogP contribution is -2.65. The molecule has 8 nitrogen and oxygen atoms in total. The number of nitrogens with one attached hydrogen (secondary N) is 3. The summed E-state index contributed by atoms with van der Waals surface area (Å²) in [5.74, 6) is 0.389. The summed E-state index contributed by atoms with van der Waals surface area (Å²) in [6, 6.07) is 7.96. The van der Waals surface area contributed by atoms with Crippen molar-refractivity contribution < 1.29 is 23.7 Å². The number of hydrogen-bond acceptors (Lipinski definition) is 5. The van der Waals surface area contributed by atoms with Gasteiger partial charge in [0.15, 0.2) is 0 Å². The van der Waals surface area contributed by atoms with Crippen molar-refractivity contribution in [3.05, 3.63) is 35.9 Å². The Labute approximate surface area is 221 Å². The Morgan fingerprint density at radius 1 is 1.03 bits per heavy atom. The number of hydrogen-bond donors (Lipinski definition) is 3. The first-order valence-corrected chi connectivity index (χ1v) is 13.6. The van der Waals surface area contributed by atoms with Crippen LogP contribution < -0.4 is 16.0 Å². The van der Waals surface area contributed by atoms with Gasteiger partial charge in [0.05, 0.1) is 18.1 Å². The predicted octanol–water partition coefficient (Wildman–Crippen LogP) is 2.65. The van der Waals surface area contributed by atoms with Crippen LogP contribution in [-0.2, 0) is 30.1 Å². The fraction of sp³-hybridized carbons (Fsp3) is 0.679. The van der Waals surface area contributed by atoms with Crippen molar-refractivity contribution in [1.82, 2.24) is 16.0 Å². The van der Waals surface area contributed by atoms with E-state index >= 15 is 0 Å². The van der Waals surface area contributed by atoms with Crippen molar-refractivity contribution in [1.29, 1.82) is 0 Å². The Bertz CT molecular complexity index is 1000. The molecule has 5 rings (SSSR count). The number of carbonyl (C=O) groups excluding carboxylic acids is 3. The summed E-state index contributed by atoms with van der Waals surface area (Å²) in [6.07, 6.45) is 3.10. The van der Waals surface area contributed by atoms with Gasteiger partial charge in [-0.2, -0.15) is 0 Å². The summed E-state index contributed by atoms with van der Waals surface area (Å²) in [5.41, 5.74) is 0.856. The molecule has 0 spiro atoms. The van der Waals surface area contributed by atoms with Crippen LogP contribution in [0, 0.1) is 23.2 Å². The third-order valence-corrected chi connectivity index (χ3v) is 8.72. The molecule has 4 fully saturated rings. The van der Waals surface area contributed by atoms with Crippen LogP contribution in [0.3, 0.4) is 0 Å². The summed E-state index contributed by atoms with van der Waals surface area (Å²) in [6.45, 7) is 12.3. The highest BCUT2D eigenvalue weighted by molar-refractivity contribution is 6.46. The lowest BCUT2D eigenvalue weighted by atomic mass is 9.43. The number of benzene rings is 1. The standard InChI is InChI=1S/C28H42BN3O5/c1-17(2)12-24(33)32-21(13-19-10-8-7-9-11-19)26(35)31-18(3)25(34)30-16-29-36-23-15-20-14-22(27(20,4)5)28(23,6)37-29/h7-11,17-18,20-23H,12-16H2,1-6H3,(H,30,34)(H,31,35)(H,32,33)/t18-,20-,21-,22-,23+,28-/m0/s1. The van der Waals surface area contributed by atoms with Crippen LogP contribution in [0.15, 0.2) is 30.3 Å². The molecule has 1 aromatic rings. The Morgan fingerprint density at radius 2 is 1.73 bits per heavy atom. The first-order valence-electron chi connectivity index (χ1n) is 13.6. The quantitative estimate of drug-likeness (QED) is 0.419. The highest BCUT2D eigenvalue weighted by Gasteiger charge is 2.67. The monoisotopic (exact) mass is 511 g/mol. The predicted molar refractivity (Wildman–Crippen MR) is 142 cm³/mol. The average Bonchev–Trinajstić information content (AvgIpc) is 3.18. The zero-order valence-electron chi connectivity index (χ0n) is 23.0. The van der Waals surface area contributed by atoms with E-state index in [9.17, 15) is 14.4 Å². The van der Waals surface area contributed by atoms with Gasteiger partial charge in [-0.25, -0.2) is 0 Å². The molecule has 6 atom stereocenters. The van der Waals surface area contributed by atoms with Gasteiger partial charge in [-0.05, 0) is 55.4 Å². The zero-order valence-corrected chi connectivity index (χ0v) is 23.0. The maximum atomic E-state index is 13.1. The van der Waals surface area contributed by atoms with E-state index < -0.39 is 25.1 Å². The van der Waals surface area contributed by atoms with Crippen LogP contribution in [0.4, 0.5) is 0 Å². The van der Waals surface area contributed by atoms with Crippen LogP contribution in [0.2, 0.25) is 0 Å². The Morgan fingerprint density at radius 3 is 2.38 bits per heavy atom. The summed E-state index contributed by atoms with van der Waals surface area (Å²) in [7, 11) is -0.502. The van der Waals surface area contributed by atoms with Crippen molar-refractivity contribution in [2.45, 2.75) is 91.0 Å². The summed E-state index contributed by atoms with van der Waals surface area (Å²) in [4.78, 5) is 38.4. The van der Waals surface area contributed by atoms with Crippen LogP contribution in [-0.4, -0.2) is 55.1 Å². The van der Waals surface area contributed by atoms with Gasteiger partial charge in [0.1, 0.15) is 12.1 Å². The minimum Gasteiger partial charge on any atom is -0.404 e. The number of amides is 3. The molecular weight excluding hydrogens is 469 g/mol. The van der Waals surface area contributed by atoms with Crippen molar-refractivity contribution >= 4 is 24.8 Å². The van der Waals surface area contributed by atoms with Crippen LogP contribution >= 0.6 is 0 Å². The molecule has 37 heavy (non-hydrogen) atoms. The second-order valence-corrected chi connectivity index (χ2v) is 12.3. The van der Waals surface area contributed by atoms with E-state index in [1.165, 1.54) is 6.42 Å². The molecular formula is C28H42BN3O5. The van der Waals surface area contributed by atoms with Gasteiger partial charge in [0.25, 0.3) is 0 Å². The highest BCUT2D eigenvalue weighted by Crippen LogP contribution is 2.65. The van der Waals surface area contributed by atoms with Crippen molar-refractivity contribution in [2.24, 2.45) is 23.2 Å². The minimum absolute atomic E-state index is 0.0523. The Balaban J connectivity index is 1.29. The van der Waals surface area contributed by atoms with E-state index in [0.29, 0.717) is 24.7 Å². The summed E-state index contributed by atoms with van der Waals surface area (Å²) < 4.78 is 12.5. The molecule has 202 valence electrons. The van der Waals surface area contributed by atoms with E-state index in [0.717, 1.165) is 12.0 Å². The molecule has 1 aromatic carbocycles. The van der Waals surface area contributed by atoms with Gasteiger partial charge >= 0.3 is 7.12 Å². The zero-order chi connectivity index (χ0) is 27.0. The van der Waals surface area contributed by atoms with Gasteiger partial charge in [0.2, 0.25) is 17.7 Å². The average molecular weight is 511 g/mol. The van der Waals surface area contributed by atoms with Crippen LogP contribution in [0.25, 0.3) is 0 Å². The third kappa shape index (κ3) is 5.88. The topological polar surface area (TPSA) is 106 Å². The van der Waals surface area contributed by atoms with E-state index in [1.54, 1.807) is 6.92 Å². The van der Waals surface area contributed by atoms with E-state index in [4.69, 9.17) is 9.31 Å². The minimum atomic E-state index is -0.779. The maximum Gasteiger partial charge on any atom is 0.478 e. The van der Waals surface area contributed by atoms with Crippen LogP contribution in [0.5, 0.6) is 0 Å². The van der Waals surface area contributed by atoms with E-state index in [-0.39, 0.29) is 41.3 Å². The Kier molecular flexibility index (Phi) is 8.05. The maximum absolute atomic E-state index is 13.1. The van der Waals surface area contributed by atoms with Crippen molar-refractivity contribution in [2.75, 3.05) is 6.44 Å². The molecule has 4 aliphatic rings. The second kappa shape index (κ2) is 10.8. The molecule has 2 bridgehead atoms. The molecule has 3 saturated carbocycles. The fourth-order valence-corrected chi connectivity index (χ4v) is 6.44. The van der Waals surface area contributed by atoms with Crippen molar-refractivity contribution in [3.63, 3.8) is 0 Å². The molecule has 0 unspecified atom stereocenters. The first-order chi connectivity index (χ1) is 17.4. The summed E-state index contributed by atoms with van der Waals surface area (Å²) >= 11 is 0. The van der Waals surface area contributed by atoms with Gasteiger partial charge in [-0.1, -0.05) is 58.0 Å². The fourth-order valence-electron chi connectivity index (χ4n) is 6.44. The van der Waals surface area contributed by atoms with Gasteiger partial charge < -0.3 is 25.3 Å². The lowest BCUT2D eigenvalue weighted by Gasteiger charge is -2.64. The Hall–Kier alpha value is -2.39. The SMILES string of the molecule is CC(C)CC(=O)N[C@@H](Cc1ccccc1)C(=O)N[C@@H](C)C(=O)NCB1O[C@@H]2C[C@@H]3C[C@@H](C3(C)C)[C@]2(C)O1. The van der Waals surface area contributed by atoms with Crippen LogP contribution in [0.1, 0.15) is 66.4 Å². The number of carbonyl (C=O) groups is 3. The highest BCUT2D eigenvalue weighted by atomic mass is 16.7. The molecule has 1 aliphatic heterocycles. The molecule has 1 heterocycles. The second-order valence-electron chi connectivity index (χ2n) is 12.3. The van der Waals surface area contributed by atoms with Gasteiger partial charge in [-0.15, -0.1) is 0 Å². The normalized spacial score (nSPS) is 29.1. The third-order valence-electron chi connectivity index (χ3n) is 8.72. The number of rotatable bonds is 10. The molecule has 1 saturated heterocycles. The smallest absolute Gasteiger partial charge is 0.404 e. The van der Waals surface area contributed by atoms with Crippen molar-refractivity contribution in [3.8, 4) is 0 Å². The lowest BCUT2D eigenvalue weighted by molar-refractivity contribution is -0.199. The molecule has 3 aliphatic carbocycles. The van der Waals surface area contributed by atoms with E-state index in [1.807, 2.05) is 44.2 Å². The van der Waals surface area contributed by atoms with E-state index in [2.05, 4.69) is 36.7 Å². The van der Waals surface area contributed by atoms with Gasteiger partial charge in [0, 0.05) is 12.8 Å². The molecule has 0 radical (unpaired) electrons. The molecule has 3 N–H and O–H groups in total. The molecule has 9 heteroatoms. The largest absolute Gasteiger partial charge is 0.478 e. The summed E-state index contributed by atoms with van der Waals surface area (Å²) in [5, 5.41) is 8.48. The first kappa shape index (κ1) is 27.6. The molecule has 0 aromatic heterocycles.